The van der Waals surface area contributed by atoms with E-state index in [4.69, 9.17) is 9.47 Å². The number of aromatic hydroxyl groups is 3. The maximum atomic E-state index is 11.1. The minimum atomic E-state index is 0.109. The van der Waals surface area contributed by atoms with E-state index in [2.05, 4.69) is 0 Å². The second kappa shape index (κ2) is 9.99. The van der Waals surface area contributed by atoms with Gasteiger partial charge in [-0.2, -0.15) is 0 Å². The molecule has 5 aromatic rings. The Morgan fingerprint density at radius 3 is 1.86 bits per heavy atom. The first kappa shape index (κ1) is 23.8. The van der Waals surface area contributed by atoms with E-state index in [9.17, 15) is 15.3 Å². The lowest BCUT2D eigenvalue weighted by molar-refractivity contribution is 0.414. The third kappa shape index (κ3) is 4.55. The van der Waals surface area contributed by atoms with Crippen molar-refractivity contribution in [3.8, 4) is 73.3 Å². The van der Waals surface area contributed by atoms with E-state index in [0.717, 1.165) is 38.9 Å². The predicted molar refractivity (Wildman–Crippen MR) is 146 cm³/mol. The van der Waals surface area contributed by atoms with E-state index < -0.39 is 0 Å². The van der Waals surface area contributed by atoms with Crippen molar-refractivity contribution in [2.75, 3.05) is 14.2 Å². The fraction of sp³-hybridized carbons (Fsp3) is 0.0625. The SMILES string of the molecule is COc1cccc(-c2c(OC)cc(-c3ccc(O)cc3)c(-c3cccc(O)c3)c2-c2ccccc2O)c1. The molecule has 5 heteroatoms. The fourth-order valence-corrected chi connectivity index (χ4v) is 4.67. The molecule has 0 heterocycles. The molecule has 0 fully saturated rings. The van der Waals surface area contributed by atoms with E-state index >= 15 is 0 Å². The molecule has 0 aromatic heterocycles. The Morgan fingerprint density at radius 1 is 0.486 bits per heavy atom. The number of ether oxygens (including phenoxy) is 2. The second-order valence-corrected chi connectivity index (χ2v) is 8.60. The van der Waals surface area contributed by atoms with E-state index in [-0.39, 0.29) is 17.2 Å². The lowest BCUT2D eigenvalue weighted by Gasteiger charge is -2.24. The molecule has 0 saturated heterocycles. The van der Waals surface area contributed by atoms with E-state index in [1.807, 2.05) is 60.7 Å². The van der Waals surface area contributed by atoms with Crippen LogP contribution in [-0.2, 0) is 0 Å². The number of methoxy groups -OCH3 is 2. The van der Waals surface area contributed by atoms with Gasteiger partial charge in [0.25, 0.3) is 0 Å². The molecule has 0 unspecified atom stereocenters. The number of phenols is 3. The molecule has 3 N–H and O–H groups in total. The Bertz CT molecular complexity index is 1570. The zero-order chi connectivity index (χ0) is 25.9. The summed E-state index contributed by atoms with van der Waals surface area (Å²) in [5, 5.41) is 31.4. The molecule has 37 heavy (non-hydrogen) atoms. The van der Waals surface area contributed by atoms with Crippen molar-refractivity contribution in [1.82, 2.24) is 0 Å². The molecule has 5 nitrogen and oxygen atoms in total. The van der Waals surface area contributed by atoms with Crippen molar-refractivity contribution >= 4 is 0 Å². The number of para-hydroxylation sites is 1. The summed E-state index contributed by atoms with van der Waals surface area (Å²) in [6, 6.07) is 30.7. The maximum Gasteiger partial charge on any atom is 0.127 e. The van der Waals surface area contributed by atoms with Crippen molar-refractivity contribution in [1.29, 1.82) is 0 Å². The van der Waals surface area contributed by atoms with Crippen LogP contribution >= 0.6 is 0 Å². The summed E-state index contributed by atoms with van der Waals surface area (Å²) in [5.41, 5.74) is 6.15. The summed E-state index contributed by atoms with van der Waals surface area (Å²) in [7, 11) is 3.23. The Labute approximate surface area is 215 Å². The summed E-state index contributed by atoms with van der Waals surface area (Å²) in [4.78, 5) is 0. The molecule has 0 aliphatic rings. The number of hydrogen-bond donors (Lipinski definition) is 3. The summed E-state index contributed by atoms with van der Waals surface area (Å²) >= 11 is 0. The van der Waals surface area contributed by atoms with Gasteiger partial charge in [0.1, 0.15) is 28.7 Å². The largest absolute Gasteiger partial charge is 0.508 e. The fourth-order valence-electron chi connectivity index (χ4n) is 4.67. The highest BCUT2D eigenvalue weighted by Gasteiger charge is 2.25. The smallest absolute Gasteiger partial charge is 0.127 e. The van der Waals surface area contributed by atoms with Gasteiger partial charge in [0.2, 0.25) is 0 Å². The van der Waals surface area contributed by atoms with Crippen molar-refractivity contribution in [3.05, 3.63) is 103 Å². The van der Waals surface area contributed by atoms with Crippen LogP contribution in [0.2, 0.25) is 0 Å². The number of benzene rings is 5. The molecule has 0 spiro atoms. The Morgan fingerprint density at radius 2 is 1.19 bits per heavy atom. The molecule has 0 amide bonds. The molecule has 0 bridgehead atoms. The third-order valence-corrected chi connectivity index (χ3v) is 6.36. The van der Waals surface area contributed by atoms with Gasteiger partial charge >= 0.3 is 0 Å². The van der Waals surface area contributed by atoms with Gasteiger partial charge in [0.05, 0.1) is 14.2 Å². The summed E-state index contributed by atoms with van der Waals surface area (Å²) < 4.78 is 11.5. The Kier molecular flexibility index (Phi) is 6.43. The molecule has 0 aliphatic heterocycles. The van der Waals surface area contributed by atoms with Gasteiger partial charge in [-0.15, -0.1) is 0 Å². The zero-order valence-electron chi connectivity index (χ0n) is 20.5. The van der Waals surface area contributed by atoms with Crippen LogP contribution in [0.15, 0.2) is 103 Å². The van der Waals surface area contributed by atoms with Crippen LogP contribution in [0.4, 0.5) is 0 Å². The number of rotatable bonds is 6. The predicted octanol–water partition coefficient (Wildman–Crippen LogP) is 7.49. The standard InChI is InChI=1S/C32H26O5/c1-36-25-10-6-8-22(18-25)31-29(37-2)19-27(20-13-15-23(33)16-14-20)30(21-7-5-9-24(34)17-21)32(31)26-11-3-4-12-28(26)35/h3-19,33-35H,1-2H3. The van der Waals surface area contributed by atoms with Gasteiger partial charge in [-0.25, -0.2) is 0 Å². The van der Waals surface area contributed by atoms with E-state index in [1.54, 1.807) is 56.7 Å². The van der Waals surface area contributed by atoms with E-state index in [0.29, 0.717) is 17.1 Å². The summed E-state index contributed by atoms with van der Waals surface area (Å²) in [5.74, 6) is 1.67. The molecule has 0 saturated carbocycles. The van der Waals surface area contributed by atoms with Gasteiger partial charge in [-0.1, -0.05) is 54.6 Å². The first-order valence-electron chi connectivity index (χ1n) is 11.8. The van der Waals surface area contributed by atoms with Gasteiger partial charge in [0.15, 0.2) is 0 Å². The molecule has 5 aromatic carbocycles. The highest BCUT2D eigenvalue weighted by molar-refractivity contribution is 6.05. The van der Waals surface area contributed by atoms with Crippen molar-refractivity contribution in [2.45, 2.75) is 0 Å². The zero-order valence-corrected chi connectivity index (χ0v) is 20.5. The molecule has 0 aliphatic carbocycles. The van der Waals surface area contributed by atoms with Crippen LogP contribution in [0.1, 0.15) is 0 Å². The first-order valence-corrected chi connectivity index (χ1v) is 11.8. The molecule has 0 atom stereocenters. The van der Waals surface area contributed by atoms with Crippen LogP contribution in [0.3, 0.4) is 0 Å². The van der Waals surface area contributed by atoms with Crippen LogP contribution in [0.25, 0.3) is 44.5 Å². The van der Waals surface area contributed by atoms with Crippen LogP contribution in [-0.4, -0.2) is 29.5 Å². The van der Waals surface area contributed by atoms with Gasteiger partial charge in [-0.05, 0) is 76.3 Å². The maximum absolute atomic E-state index is 11.1. The Balaban J connectivity index is 2.00. The van der Waals surface area contributed by atoms with Crippen LogP contribution < -0.4 is 9.47 Å². The van der Waals surface area contributed by atoms with Crippen LogP contribution in [0, 0.1) is 0 Å². The average molecular weight is 491 g/mol. The van der Waals surface area contributed by atoms with Crippen LogP contribution in [0.5, 0.6) is 28.7 Å². The lowest BCUT2D eigenvalue weighted by atomic mass is 9.82. The van der Waals surface area contributed by atoms with Crippen molar-refractivity contribution in [2.24, 2.45) is 0 Å². The van der Waals surface area contributed by atoms with Gasteiger partial charge < -0.3 is 24.8 Å². The monoisotopic (exact) mass is 490 g/mol. The summed E-state index contributed by atoms with van der Waals surface area (Å²) in [6.45, 7) is 0. The normalized spacial score (nSPS) is 10.8. The lowest BCUT2D eigenvalue weighted by Crippen LogP contribution is -1.99. The third-order valence-electron chi connectivity index (χ3n) is 6.36. The van der Waals surface area contributed by atoms with Gasteiger partial charge in [0, 0.05) is 16.7 Å². The molecule has 0 radical (unpaired) electrons. The number of hydrogen-bond acceptors (Lipinski definition) is 5. The topological polar surface area (TPSA) is 79.2 Å². The summed E-state index contributed by atoms with van der Waals surface area (Å²) in [6.07, 6.45) is 0. The number of phenolic OH excluding ortho intramolecular Hbond substituents is 3. The quantitative estimate of drug-likeness (QED) is 0.230. The highest BCUT2D eigenvalue weighted by Crippen LogP contribution is 2.52. The molecular weight excluding hydrogens is 464 g/mol. The molecular formula is C32H26O5. The minimum Gasteiger partial charge on any atom is -0.508 e. The van der Waals surface area contributed by atoms with Gasteiger partial charge in [-0.3, -0.25) is 0 Å². The van der Waals surface area contributed by atoms with Crippen molar-refractivity contribution in [3.63, 3.8) is 0 Å². The molecule has 5 rings (SSSR count). The molecule has 184 valence electrons. The first-order chi connectivity index (χ1) is 18.0. The minimum absolute atomic E-state index is 0.109. The average Bonchev–Trinajstić information content (AvgIpc) is 2.92. The second-order valence-electron chi connectivity index (χ2n) is 8.60. The van der Waals surface area contributed by atoms with Crippen molar-refractivity contribution < 1.29 is 24.8 Å². The Hall–Kier alpha value is -4.90. The van der Waals surface area contributed by atoms with E-state index in [1.165, 1.54) is 0 Å². The highest BCUT2D eigenvalue weighted by atomic mass is 16.5.